The van der Waals surface area contributed by atoms with E-state index < -0.39 is 0 Å². The number of fused-ring (bicyclic) bond motifs is 2. The number of hydrogen-bond donors (Lipinski definition) is 2. The van der Waals surface area contributed by atoms with Crippen molar-refractivity contribution in [2.45, 2.75) is 44.2 Å². The first kappa shape index (κ1) is 17.1. The van der Waals surface area contributed by atoms with Crippen molar-refractivity contribution in [2.24, 2.45) is 0 Å². The summed E-state index contributed by atoms with van der Waals surface area (Å²) < 4.78 is 1.84. The molecule has 0 amide bonds. The highest BCUT2D eigenvalue weighted by molar-refractivity contribution is 5.68. The third-order valence-electron chi connectivity index (χ3n) is 5.81. The molecule has 6 nitrogen and oxygen atoms in total. The Kier molecular flexibility index (Phi) is 4.02. The minimum absolute atomic E-state index is 0.175. The number of nitrogens with one attached hydrogen (secondary N) is 1. The monoisotopic (exact) mass is 373 g/mol. The Morgan fingerprint density at radius 3 is 2.93 bits per heavy atom. The van der Waals surface area contributed by atoms with E-state index >= 15 is 0 Å². The van der Waals surface area contributed by atoms with Gasteiger partial charge in [0.05, 0.1) is 35.8 Å². The lowest BCUT2D eigenvalue weighted by molar-refractivity contribution is 0.351. The molecule has 142 valence electrons. The van der Waals surface area contributed by atoms with Crippen molar-refractivity contribution in [3.8, 4) is 22.7 Å². The molecule has 5 rings (SSSR count). The number of phenolic OH excluding ortho intramolecular Hbond substituents is 1. The zero-order valence-corrected chi connectivity index (χ0v) is 15.8. The average molecular weight is 373 g/mol. The molecule has 2 bridgehead atoms. The number of hydrogen-bond acceptors (Lipinski definition) is 5. The van der Waals surface area contributed by atoms with Gasteiger partial charge in [-0.25, -0.2) is 4.98 Å². The molecule has 3 aromatic rings. The highest BCUT2D eigenvalue weighted by Crippen LogP contribution is 2.38. The summed E-state index contributed by atoms with van der Waals surface area (Å²) in [6, 6.07) is 6.10. The van der Waals surface area contributed by atoms with Crippen LogP contribution in [0.1, 0.15) is 38.3 Å². The molecule has 0 saturated carbocycles. The van der Waals surface area contributed by atoms with Crippen LogP contribution in [0.2, 0.25) is 0 Å². The van der Waals surface area contributed by atoms with E-state index in [0.29, 0.717) is 17.3 Å². The van der Waals surface area contributed by atoms with E-state index in [9.17, 15) is 5.11 Å². The maximum absolute atomic E-state index is 10.4. The molecular formula is C22H23N5O. The van der Waals surface area contributed by atoms with Gasteiger partial charge >= 0.3 is 0 Å². The second-order valence-corrected chi connectivity index (χ2v) is 8.12. The van der Waals surface area contributed by atoms with E-state index in [0.717, 1.165) is 24.2 Å². The highest BCUT2D eigenvalue weighted by atomic mass is 16.3. The van der Waals surface area contributed by atoms with Crippen LogP contribution in [0.5, 0.6) is 5.75 Å². The summed E-state index contributed by atoms with van der Waals surface area (Å²) in [5, 5.41) is 14.2. The van der Waals surface area contributed by atoms with Gasteiger partial charge in [0.1, 0.15) is 5.75 Å². The Hall–Kier alpha value is -2.99. The summed E-state index contributed by atoms with van der Waals surface area (Å²) in [5.74, 6) is 0.175. The Morgan fingerprint density at radius 2 is 2.21 bits per heavy atom. The van der Waals surface area contributed by atoms with E-state index in [1.54, 1.807) is 31.0 Å². The molecule has 2 atom stereocenters. The van der Waals surface area contributed by atoms with Crippen molar-refractivity contribution < 1.29 is 5.11 Å². The van der Waals surface area contributed by atoms with Crippen molar-refractivity contribution >= 4 is 6.08 Å². The maximum atomic E-state index is 10.4. The molecule has 0 unspecified atom stereocenters. The molecule has 2 N–H and O–H groups in total. The fourth-order valence-electron chi connectivity index (χ4n) is 4.49. The first-order valence-corrected chi connectivity index (χ1v) is 9.69. The van der Waals surface area contributed by atoms with Crippen molar-refractivity contribution in [3.05, 3.63) is 60.6 Å². The second kappa shape index (κ2) is 6.56. The van der Waals surface area contributed by atoms with Crippen LogP contribution in [0.25, 0.3) is 23.0 Å². The minimum Gasteiger partial charge on any atom is -0.507 e. The Morgan fingerprint density at radius 1 is 1.29 bits per heavy atom. The summed E-state index contributed by atoms with van der Waals surface area (Å²) in [4.78, 5) is 13.1. The van der Waals surface area contributed by atoms with Crippen LogP contribution in [0.15, 0.2) is 54.9 Å². The number of aromatic nitrogens is 4. The largest absolute Gasteiger partial charge is 0.507 e. The minimum atomic E-state index is 0.175. The van der Waals surface area contributed by atoms with Crippen LogP contribution in [0, 0.1) is 0 Å². The Balaban J connectivity index is 1.38. The molecule has 2 fully saturated rings. The van der Waals surface area contributed by atoms with Gasteiger partial charge in [-0.3, -0.25) is 9.97 Å². The van der Waals surface area contributed by atoms with Crippen molar-refractivity contribution in [1.29, 1.82) is 0 Å². The van der Waals surface area contributed by atoms with Crippen molar-refractivity contribution in [1.82, 2.24) is 24.8 Å². The number of piperidine rings is 1. The van der Waals surface area contributed by atoms with Crippen LogP contribution < -0.4 is 5.32 Å². The smallest absolute Gasteiger partial charge is 0.127 e. The first-order chi connectivity index (χ1) is 13.6. The molecule has 0 spiro atoms. The fourth-order valence-corrected chi connectivity index (χ4v) is 4.49. The third-order valence-corrected chi connectivity index (χ3v) is 5.81. The summed E-state index contributed by atoms with van der Waals surface area (Å²) in [7, 11) is 0. The van der Waals surface area contributed by atoms with E-state index in [1.165, 1.54) is 18.4 Å². The maximum Gasteiger partial charge on any atom is 0.127 e. The van der Waals surface area contributed by atoms with Crippen LogP contribution in [0.3, 0.4) is 0 Å². The van der Waals surface area contributed by atoms with E-state index in [1.807, 2.05) is 22.9 Å². The molecule has 28 heavy (non-hydrogen) atoms. The van der Waals surface area contributed by atoms with Crippen LogP contribution in [0.4, 0.5) is 0 Å². The SMILES string of the molecule is C[C@@]12CC[C@@H](C/C(=C\c3cnc(-c4ccc(-n5ccnc5)cc4O)cn3)C1)N2. The summed E-state index contributed by atoms with van der Waals surface area (Å²) in [5.41, 5.74) is 4.74. The van der Waals surface area contributed by atoms with Gasteiger partial charge in [-0.15, -0.1) is 0 Å². The van der Waals surface area contributed by atoms with Crippen LogP contribution in [-0.4, -0.2) is 36.2 Å². The second-order valence-electron chi connectivity index (χ2n) is 8.12. The Bertz CT molecular complexity index is 1030. The number of aromatic hydroxyl groups is 1. The molecule has 2 saturated heterocycles. The number of nitrogens with zero attached hydrogens (tertiary/aromatic N) is 4. The average Bonchev–Trinajstić information content (AvgIpc) is 3.30. The number of benzene rings is 1. The van der Waals surface area contributed by atoms with E-state index in [4.69, 9.17) is 0 Å². The zero-order valence-electron chi connectivity index (χ0n) is 15.8. The lowest BCUT2D eigenvalue weighted by Crippen LogP contribution is -2.44. The van der Waals surface area contributed by atoms with Gasteiger partial charge in [0.15, 0.2) is 0 Å². The van der Waals surface area contributed by atoms with Crippen LogP contribution >= 0.6 is 0 Å². The molecule has 0 aliphatic carbocycles. The normalized spacial score (nSPS) is 25.3. The topological polar surface area (TPSA) is 75.9 Å². The molecule has 6 heteroatoms. The van der Waals surface area contributed by atoms with Crippen molar-refractivity contribution in [3.63, 3.8) is 0 Å². The lowest BCUT2D eigenvalue weighted by atomic mass is 9.88. The molecule has 2 aliphatic rings. The highest BCUT2D eigenvalue weighted by Gasteiger charge is 2.39. The van der Waals surface area contributed by atoms with Gasteiger partial charge in [-0.05, 0) is 50.8 Å². The molecular weight excluding hydrogens is 350 g/mol. The van der Waals surface area contributed by atoms with Gasteiger partial charge in [0.25, 0.3) is 0 Å². The van der Waals surface area contributed by atoms with Gasteiger partial charge in [-0.1, -0.05) is 5.57 Å². The summed E-state index contributed by atoms with van der Waals surface area (Å²) >= 11 is 0. The summed E-state index contributed by atoms with van der Waals surface area (Å²) in [6.07, 6.45) is 15.6. The predicted molar refractivity (Wildman–Crippen MR) is 108 cm³/mol. The molecule has 4 heterocycles. The predicted octanol–water partition coefficient (Wildman–Crippen LogP) is 3.72. The molecule has 0 radical (unpaired) electrons. The van der Waals surface area contributed by atoms with Gasteiger partial charge in [0, 0.05) is 35.6 Å². The van der Waals surface area contributed by atoms with E-state index in [2.05, 4.69) is 33.3 Å². The van der Waals surface area contributed by atoms with Crippen molar-refractivity contribution in [2.75, 3.05) is 0 Å². The molecule has 2 aliphatic heterocycles. The van der Waals surface area contributed by atoms with Crippen LogP contribution in [-0.2, 0) is 0 Å². The van der Waals surface area contributed by atoms with E-state index in [-0.39, 0.29) is 11.3 Å². The summed E-state index contributed by atoms with van der Waals surface area (Å²) in [6.45, 7) is 2.31. The fraction of sp³-hybridized carbons (Fsp3) is 0.318. The molecule has 1 aromatic carbocycles. The number of imidazole rings is 1. The standard InChI is InChI=1S/C22H23N5O/c1-22-5-4-16(26-22)8-15(11-22)9-17-12-25-20(13-24-17)19-3-2-18(10-21(19)28)27-7-6-23-14-27/h2-3,6-7,9-10,12-14,16,26,28H,4-5,8,11H2,1H3/b15-9+/t16-,22+/m0/s1. The quantitative estimate of drug-likeness (QED) is 0.732. The van der Waals surface area contributed by atoms with Gasteiger partial charge in [-0.2, -0.15) is 0 Å². The number of rotatable bonds is 3. The zero-order chi connectivity index (χ0) is 19.1. The first-order valence-electron chi connectivity index (χ1n) is 9.69. The Labute approximate surface area is 164 Å². The van der Waals surface area contributed by atoms with Gasteiger partial charge < -0.3 is 15.0 Å². The third kappa shape index (κ3) is 3.20. The lowest BCUT2D eigenvalue weighted by Gasteiger charge is -2.32. The van der Waals surface area contributed by atoms with Gasteiger partial charge in [0.2, 0.25) is 0 Å². The molecule has 2 aromatic heterocycles. The number of phenols is 1.